The fourth-order valence-electron chi connectivity index (χ4n) is 4.16. The van der Waals surface area contributed by atoms with Crippen molar-refractivity contribution >= 4 is 22.5 Å². The van der Waals surface area contributed by atoms with Crippen molar-refractivity contribution in [2.45, 2.75) is 46.0 Å². The molecular formula is C22H25N7. The largest absolute Gasteiger partial charge is 0.356 e. The highest BCUT2D eigenvalue weighted by Crippen LogP contribution is 2.27. The van der Waals surface area contributed by atoms with E-state index in [1.807, 2.05) is 44.6 Å². The third kappa shape index (κ3) is 3.41. The van der Waals surface area contributed by atoms with Gasteiger partial charge in [-0.1, -0.05) is 0 Å². The molecule has 0 bridgehead atoms. The van der Waals surface area contributed by atoms with E-state index in [-0.39, 0.29) is 0 Å². The number of piperidine rings is 1. The summed E-state index contributed by atoms with van der Waals surface area (Å²) in [6, 6.07) is 4.01. The van der Waals surface area contributed by atoms with Crippen LogP contribution in [0.2, 0.25) is 0 Å². The van der Waals surface area contributed by atoms with Crippen LogP contribution in [0.1, 0.15) is 42.2 Å². The summed E-state index contributed by atoms with van der Waals surface area (Å²) in [6.07, 6.45) is 11.0. The molecule has 1 aliphatic rings. The van der Waals surface area contributed by atoms with Crippen molar-refractivity contribution in [2.75, 3.05) is 18.0 Å². The molecule has 7 nitrogen and oxygen atoms in total. The summed E-state index contributed by atoms with van der Waals surface area (Å²) < 4.78 is 2.21. The lowest BCUT2D eigenvalue weighted by Gasteiger charge is -2.29. The lowest BCUT2D eigenvalue weighted by molar-refractivity contribution is 0.570. The number of aryl methyl sites for hydroxylation is 4. The van der Waals surface area contributed by atoms with E-state index in [0.717, 1.165) is 65.5 Å². The van der Waals surface area contributed by atoms with E-state index < -0.39 is 0 Å². The molecule has 0 amide bonds. The van der Waals surface area contributed by atoms with Gasteiger partial charge in [0.15, 0.2) is 5.65 Å². The lowest BCUT2D eigenvalue weighted by Crippen LogP contribution is -2.31. The molecule has 0 saturated carbocycles. The summed E-state index contributed by atoms with van der Waals surface area (Å²) in [6.45, 7) is 6.17. The fourth-order valence-corrected chi connectivity index (χ4v) is 4.16. The molecule has 0 spiro atoms. The second-order valence-electron chi connectivity index (χ2n) is 7.78. The molecule has 0 atom stereocenters. The van der Waals surface area contributed by atoms with Gasteiger partial charge in [-0.3, -0.25) is 9.38 Å². The SMILES string of the molecule is Cc1ccc2nc(CCc3nc4c(C)nccn4c3N3CCCCC3)ncc2n1. The molecule has 148 valence electrons. The third-order valence-corrected chi connectivity index (χ3v) is 5.63. The van der Waals surface area contributed by atoms with Crippen LogP contribution >= 0.6 is 0 Å². The molecule has 0 aromatic carbocycles. The Bertz CT molecular complexity index is 1170. The van der Waals surface area contributed by atoms with Gasteiger partial charge in [-0.2, -0.15) is 0 Å². The Kier molecular flexibility index (Phi) is 4.58. The highest BCUT2D eigenvalue weighted by Gasteiger charge is 2.21. The van der Waals surface area contributed by atoms with Crippen LogP contribution < -0.4 is 4.90 Å². The molecule has 29 heavy (non-hydrogen) atoms. The molecule has 1 aliphatic heterocycles. The highest BCUT2D eigenvalue weighted by atomic mass is 15.3. The summed E-state index contributed by atoms with van der Waals surface area (Å²) in [5.41, 5.74) is 5.73. The van der Waals surface area contributed by atoms with Crippen molar-refractivity contribution in [3.8, 4) is 0 Å². The number of hydrogen-bond acceptors (Lipinski definition) is 6. The highest BCUT2D eigenvalue weighted by molar-refractivity contribution is 5.72. The molecule has 0 N–H and O–H groups in total. The van der Waals surface area contributed by atoms with Crippen molar-refractivity contribution in [2.24, 2.45) is 0 Å². The number of fused-ring (bicyclic) bond motifs is 2. The van der Waals surface area contributed by atoms with Crippen LogP contribution in [0.4, 0.5) is 5.82 Å². The number of aromatic nitrogens is 6. The van der Waals surface area contributed by atoms with E-state index >= 15 is 0 Å². The topological polar surface area (TPSA) is 72.1 Å². The van der Waals surface area contributed by atoms with Gasteiger partial charge in [0, 0.05) is 44.0 Å². The van der Waals surface area contributed by atoms with Crippen LogP contribution in [0.15, 0.2) is 30.7 Å². The van der Waals surface area contributed by atoms with Crippen molar-refractivity contribution in [3.63, 3.8) is 0 Å². The zero-order valence-electron chi connectivity index (χ0n) is 17.0. The number of hydrogen-bond donors (Lipinski definition) is 0. The van der Waals surface area contributed by atoms with E-state index in [2.05, 4.69) is 24.3 Å². The molecule has 0 aliphatic carbocycles. The molecule has 4 aromatic heterocycles. The van der Waals surface area contributed by atoms with Gasteiger partial charge in [0.25, 0.3) is 0 Å². The number of nitrogens with zero attached hydrogens (tertiary/aromatic N) is 7. The smallest absolute Gasteiger partial charge is 0.160 e. The second kappa shape index (κ2) is 7.39. The Balaban J connectivity index is 1.48. The first kappa shape index (κ1) is 18.0. The average molecular weight is 387 g/mol. The first-order valence-electron chi connectivity index (χ1n) is 10.4. The van der Waals surface area contributed by atoms with Crippen molar-refractivity contribution in [3.05, 3.63) is 53.6 Å². The summed E-state index contributed by atoms with van der Waals surface area (Å²) in [4.78, 5) is 25.6. The van der Waals surface area contributed by atoms with Crippen LogP contribution in [0.3, 0.4) is 0 Å². The minimum atomic E-state index is 0.751. The Morgan fingerprint density at radius 1 is 0.897 bits per heavy atom. The molecule has 5 heterocycles. The first-order valence-corrected chi connectivity index (χ1v) is 10.4. The molecule has 5 rings (SSSR count). The Morgan fingerprint density at radius 2 is 1.76 bits per heavy atom. The molecule has 0 unspecified atom stereocenters. The van der Waals surface area contributed by atoms with Crippen molar-refractivity contribution < 1.29 is 0 Å². The predicted octanol–water partition coefficient (Wildman–Crippen LogP) is 3.46. The van der Waals surface area contributed by atoms with Crippen LogP contribution in [-0.2, 0) is 12.8 Å². The molecule has 7 heteroatoms. The van der Waals surface area contributed by atoms with E-state index in [9.17, 15) is 0 Å². The van der Waals surface area contributed by atoms with E-state index in [0.29, 0.717) is 0 Å². The van der Waals surface area contributed by atoms with Crippen LogP contribution in [0, 0.1) is 13.8 Å². The van der Waals surface area contributed by atoms with E-state index in [4.69, 9.17) is 9.97 Å². The van der Waals surface area contributed by atoms with Crippen LogP contribution in [-0.4, -0.2) is 42.4 Å². The number of anilines is 1. The van der Waals surface area contributed by atoms with Gasteiger partial charge in [-0.25, -0.2) is 19.9 Å². The van der Waals surface area contributed by atoms with Crippen molar-refractivity contribution in [1.82, 2.24) is 29.3 Å². The second-order valence-corrected chi connectivity index (χ2v) is 7.78. The van der Waals surface area contributed by atoms with Gasteiger partial charge in [0.2, 0.25) is 0 Å². The minimum Gasteiger partial charge on any atom is -0.356 e. The predicted molar refractivity (Wildman–Crippen MR) is 113 cm³/mol. The summed E-state index contributed by atoms with van der Waals surface area (Å²) in [7, 11) is 0. The monoisotopic (exact) mass is 387 g/mol. The minimum absolute atomic E-state index is 0.751. The van der Waals surface area contributed by atoms with Gasteiger partial charge in [-0.15, -0.1) is 0 Å². The fraction of sp³-hybridized carbons (Fsp3) is 0.409. The number of rotatable bonds is 4. The molecule has 4 aromatic rings. The van der Waals surface area contributed by atoms with Crippen LogP contribution in [0.5, 0.6) is 0 Å². The lowest BCUT2D eigenvalue weighted by atomic mass is 10.1. The average Bonchev–Trinajstić information content (AvgIpc) is 3.12. The van der Waals surface area contributed by atoms with Gasteiger partial charge in [-0.05, 0) is 45.2 Å². The summed E-state index contributed by atoms with van der Waals surface area (Å²) in [5, 5.41) is 0. The maximum atomic E-state index is 4.97. The number of pyridine rings is 1. The first-order chi connectivity index (χ1) is 14.2. The van der Waals surface area contributed by atoms with Gasteiger partial charge < -0.3 is 4.90 Å². The Hall–Kier alpha value is -3.09. The van der Waals surface area contributed by atoms with Gasteiger partial charge in [0.1, 0.15) is 17.2 Å². The molecule has 1 fully saturated rings. The Morgan fingerprint density at radius 3 is 2.62 bits per heavy atom. The summed E-state index contributed by atoms with van der Waals surface area (Å²) >= 11 is 0. The Labute approximate surface area is 169 Å². The molecular weight excluding hydrogens is 362 g/mol. The quantitative estimate of drug-likeness (QED) is 0.534. The maximum absolute atomic E-state index is 4.97. The summed E-state index contributed by atoms with van der Waals surface area (Å²) in [5.74, 6) is 2.04. The van der Waals surface area contributed by atoms with Crippen LogP contribution in [0.25, 0.3) is 16.7 Å². The van der Waals surface area contributed by atoms with Gasteiger partial charge in [0.05, 0.1) is 23.1 Å². The van der Waals surface area contributed by atoms with E-state index in [1.54, 1.807) is 0 Å². The zero-order chi connectivity index (χ0) is 19.8. The molecule has 0 radical (unpaired) electrons. The van der Waals surface area contributed by atoms with Crippen molar-refractivity contribution in [1.29, 1.82) is 0 Å². The third-order valence-electron chi connectivity index (χ3n) is 5.63. The standard InChI is InChI=1S/C22H25N7/c1-15-6-7-17-19(25-15)14-24-20(26-17)9-8-18-22(28-11-4-3-5-12-28)29-13-10-23-16(2)21(29)27-18/h6-7,10,13-14H,3-5,8-9,11-12H2,1-2H3. The van der Waals surface area contributed by atoms with E-state index in [1.165, 1.54) is 25.1 Å². The van der Waals surface area contributed by atoms with Gasteiger partial charge >= 0.3 is 0 Å². The number of imidazole rings is 1. The molecule has 1 saturated heterocycles. The zero-order valence-corrected chi connectivity index (χ0v) is 17.0. The maximum Gasteiger partial charge on any atom is 0.160 e. The normalized spacial score (nSPS) is 14.8.